The lowest BCUT2D eigenvalue weighted by Gasteiger charge is -2.21. The van der Waals surface area contributed by atoms with Crippen LogP contribution in [0.15, 0.2) is 77.3 Å². The van der Waals surface area contributed by atoms with Gasteiger partial charge in [0.2, 0.25) is 13.2 Å². The lowest BCUT2D eigenvalue weighted by molar-refractivity contribution is -0.132. The summed E-state index contributed by atoms with van der Waals surface area (Å²) in [4.78, 5) is 29.1. The summed E-state index contributed by atoms with van der Waals surface area (Å²) in [6.07, 6.45) is 5.47. The number of hydrogen-bond donors (Lipinski definition) is 1. The zero-order chi connectivity index (χ0) is 34.3. The Balaban J connectivity index is 1.56. The maximum absolute atomic E-state index is 13.2. The maximum atomic E-state index is 13.2. The van der Waals surface area contributed by atoms with Crippen molar-refractivity contribution < 1.29 is 46.8 Å². The topological polar surface area (TPSA) is 156 Å². The van der Waals surface area contributed by atoms with Crippen LogP contribution in [0.2, 0.25) is 0 Å². The molecule has 4 aromatic rings. The summed E-state index contributed by atoms with van der Waals surface area (Å²) >= 11 is 0. The zero-order valence-corrected chi connectivity index (χ0v) is 27.4. The fourth-order valence-corrected chi connectivity index (χ4v) is 6.18. The van der Waals surface area contributed by atoms with Crippen molar-refractivity contribution in [3.05, 3.63) is 89.5 Å². The van der Waals surface area contributed by atoms with Gasteiger partial charge in [0.15, 0.2) is 18.2 Å². The van der Waals surface area contributed by atoms with Crippen LogP contribution in [0.3, 0.4) is 0 Å². The molecule has 1 aliphatic rings. The van der Waals surface area contributed by atoms with Gasteiger partial charge in [0, 0.05) is 36.1 Å². The fourth-order valence-electron chi connectivity index (χ4n) is 5.10. The Labute approximate surface area is 277 Å². The zero-order valence-electron chi connectivity index (χ0n) is 26.6. The average molecular weight is 678 g/mol. The van der Waals surface area contributed by atoms with Crippen molar-refractivity contribution in [3.8, 4) is 34.4 Å². The minimum atomic E-state index is -4.21. The van der Waals surface area contributed by atoms with Crippen LogP contribution in [-0.2, 0) is 32.5 Å². The molecule has 1 aromatic heterocycles. The number of carbonyl (C=O) groups is 2. The van der Waals surface area contributed by atoms with Crippen molar-refractivity contribution in [3.63, 3.8) is 0 Å². The van der Waals surface area contributed by atoms with E-state index in [-0.39, 0.29) is 35.8 Å². The van der Waals surface area contributed by atoms with Crippen LogP contribution in [-0.4, -0.2) is 67.5 Å². The lowest BCUT2D eigenvalue weighted by atomic mass is 10.0. The smallest absolute Gasteiger partial charge is 0.331 e. The summed E-state index contributed by atoms with van der Waals surface area (Å²) in [5.41, 5.74) is 1.47. The van der Waals surface area contributed by atoms with Crippen LogP contribution in [0.4, 0.5) is 0 Å². The summed E-state index contributed by atoms with van der Waals surface area (Å²) in [5.74, 6) is 1.48. The molecule has 5 rings (SSSR count). The van der Waals surface area contributed by atoms with Gasteiger partial charge in [0.1, 0.15) is 23.1 Å². The Hall–Kier alpha value is -5.50. The highest BCUT2D eigenvalue weighted by Crippen LogP contribution is 2.39. The fraction of sp³-hybridized carbons (Fsp3) is 0.265. The van der Waals surface area contributed by atoms with Gasteiger partial charge < -0.3 is 28.8 Å². The number of unbranched alkanes of at least 4 members (excludes halogenated alkanes) is 1. The summed E-state index contributed by atoms with van der Waals surface area (Å²) in [6.45, 7) is 1.45. The molecule has 0 unspecified atom stereocenters. The normalized spacial score (nSPS) is 12.4. The molecule has 0 aliphatic carbocycles. The monoisotopic (exact) mass is 677 g/mol. The first kappa shape index (κ1) is 33.9. The third kappa shape index (κ3) is 7.23. The van der Waals surface area contributed by atoms with E-state index in [2.05, 4.69) is 4.98 Å². The summed E-state index contributed by atoms with van der Waals surface area (Å²) in [6, 6.07) is 15.8. The number of rotatable bonds is 16. The number of aromatic nitrogens is 2. The minimum absolute atomic E-state index is 0.0117. The molecule has 14 heteroatoms. The van der Waals surface area contributed by atoms with Gasteiger partial charge >= 0.3 is 5.97 Å². The number of imidazole rings is 1. The molecule has 1 amide bonds. The standard InChI is InChI=1S/C34H35N3O10S/c1-4-5-11-33-35-19-25(15-24(34(39)40)14-23-16-31-32(47-22-46-31)18-29(23)44-3)37(33)28-13-12-26(43-2)17-30(28)45-21-36(20-38)48(41,42)27-9-7-6-8-10-27/h6-10,12-13,15-20H,4-5,11,14,21-22H2,1-3H3,(H,39,40). The Kier molecular flexibility index (Phi) is 10.5. The SMILES string of the molecule is CCCCc1ncc(C=C(Cc2cc3c(cc2OC)OCO3)C(=O)O)n1-c1ccc(OC)cc1OCN(C=O)S(=O)(=O)c1ccccc1. The predicted octanol–water partition coefficient (Wildman–Crippen LogP) is 4.86. The van der Waals surface area contributed by atoms with Gasteiger partial charge in [-0.1, -0.05) is 31.5 Å². The Morgan fingerprint density at radius 3 is 2.46 bits per heavy atom. The molecule has 2 heterocycles. The van der Waals surface area contributed by atoms with Gasteiger partial charge in [-0.25, -0.2) is 22.5 Å². The minimum Gasteiger partial charge on any atom is -0.497 e. The molecule has 0 bridgehead atoms. The third-order valence-electron chi connectivity index (χ3n) is 7.59. The molecule has 1 N–H and O–H groups in total. The van der Waals surface area contributed by atoms with Crippen LogP contribution in [0, 0.1) is 0 Å². The van der Waals surface area contributed by atoms with E-state index >= 15 is 0 Å². The van der Waals surface area contributed by atoms with Gasteiger partial charge in [-0.15, -0.1) is 0 Å². The largest absolute Gasteiger partial charge is 0.497 e. The molecule has 0 radical (unpaired) electrons. The van der Waals surface area contributed by atoms with E-state index in [0.717, 1.165) is 12.8 Å². The van der Waals surface area contributed by atoms with Crippen LogP contribution in [0.1, 0.15) is 36.8 Å². The van der Waals surface area contributed by atoms with Crippen LogP contribution < -0.4 is 23.7 Å². The highest BCUT2D eigenvalue weighted by molar-refractivity contribution is 7.89. The van der Waals surface area contributed by atoms with Crippen LogP contribution >= 0.6 is 0 Å². The number of methoxy groups -OCH3 is 2. The van der Waals surface area contributed by atoms with E-state index in [9.17, 15) is 23.1 Å². The molecule has 0 spiro atoms. The number of carbonyl (C=O) groups excluding carboxylic acids is 1. The Bertz CT molecular complexity index is 1920. The van der Waals surface area contributed by atoms with Gasteiger partial charge in [0.05, 0.1) is 36.7 Å². The third-order valence-corrected chi connectivity index (χ3v) is 9.27. The second-order valence-corrected chi connectivity index (χ2v) is 12.5. The average Bonchev–Trinajstić information content (AvgIpc) is 3.73. The highest BCUT2D eigenvalue weighted by atomic mass is 32.2. The van der Waals surface area contributed by atoms with Gasteiger partial charge in [-0.05, 0) is 42.8 Å². The van der Waals surface area contributed by atoms with Crippen molar-refractivity contribution >= 4 is 28.5 Å². The summed E-state index contributed by atoms with van der Waals surface area (Å²) in [7, 11) is -1.25. The first-order valence-electron chi connectivity index (χ1n) is 15.0. The second kappa shape index (κ2) is 14.9. The molecule has 48 heavy (non-hydrogen) atoms. The molecule has 0 saturated heterocycles. The van der Waals surface area contributed by atoms with Crippen molar-refractivity contribution in [1.29, 1.82) is 0 Å². The molecule has 13 nitrogen and oxygen atoms in total. The number of carboxylic acids is 1. The number of nitrogens with zero attached hydrogens (tertiary/aromatic N) is 3. The van der Waals surface area contributed by atoms with E-state index in [1.807, 2.05) is 6.92 Å². The number of carboxylic acid groups (broad SMARTS) is 1. The molecule has 0 fully saturated rings. The van der Waals surface area contributed by atoms with Gasteiger partial charge in [-0.3, -0.25) is 9.36 Å². The first-order valence-corrected chi connectivity index (χ1v) is 16.4. The molecule has 252 valence electrons. The van der Waals surface area contributed by atoms with Crippen LogP contribution in [0.25, 0.3) is 11.8 Å². The highest BCUT2D eigenvalue weighted by Gasteiger charge is 2.25. The van der Waals surface area contributed by atoms with Crippen molar-refractivity contribution in [1.82, 2.24) is 13.9 Å². The molecular formula is C34H35N3O10S. The van der Waals surface area contributed by atoms with Crippen LogP contribution in [0.5, 0.6) is 28.7 Å². The molecule has 0 saturated carbocycles. The second-order valence-electron chi connectivity index (χ2n) is 10.6. The molecular weight excluding hydrogens is 642 g/mol. The number of hydrogen-bond acceptors (Lipinski definition) is 10. The van der Waals surface area contributed by atoms with E-state index in [0.29, 0.717) is 56.5 Å². The Morgan fingerprint density at radius 2 is 1.79 bits per heavy atom. The first-order chi connectivity index (χ1) is 23.2. The Morgan fingerprint density at radius 1 is 1.04 bits per heavy atom. The molecule has 0 atom stereocenters. The number of fused-ring (bicyclic) bond motifs is 1. The quantitative estimate of drug-likeness (QED) is 0.0982. The van der Waals surface area contributed by atoms with E-state index in [4.69, 9.17) is 23.7 Å². The number of aryl methyl sites for hydroxylation is 1. The summed E-state index contributed by atoms with van der Waals surface area (Å²) in [5, 5.41) is 10.3. The number of sulfonamides is 1. The van der Waals surface area contributed by atoms with Gasteiger partial charge in [0.25, 0.3) is 10.0 Å². The lowest BCUT2D eigenvalue weighted by Crippen LogP contribution is -2.33. The van der Waals surface area contributed by atoms with Crippen molar-refractivity contribution in [2.24, 2.45) is 0 Å². The van der Waals surface area contributed by atoms with Gasteiger partial charge in [-0.2, -0.15) is 0 Å². The van der Waals surface area contributed by atoms with Crippen molar-refractivity contribution in [2.45, 2.75) is 37.5 Å². The molecule has 1 aliphatic heterocycles. The number of aliphatic carboxylic acids is 1. The summed E-state index contributed by atoms with van der Waals surface area (Å²) < 4.78 is 56.5. The van der Waals surface area contributed by atoms with E-state index in [1.165, 1.54) is 32.4 Å². The molecule has 3 aromatic carbocycles. The van der Waals surface area contributed by atoms with E-state index in [1.54, 1.807) is 59.3 Å². The maximum Gasteiger partial charge on any atom is 0.331 e. The van der Waals surface area contributed by atoms with Crippen molar-refractivity contribution in [2.75, 3.05) is 27.7 Å². The number of ether oxygens (including phenoxy) is 5. The predicted molar refractivity (Wildman–Crippen MR) is 174 cm³/mol. The number of amides is 1. The van der Waals surface area contributed by atoms with E-state index < -0.39 is 22.7 Å². The number of benzene rings is 3.